The molecule has 0 unspecified atom stereocenters. The molecule has 1 N–H and O–H groups in total. The van der Waals surface area contributed by atoms with Crippen LogP contribution in [0.15, 0.2) is 4.79 Å². The van der Waals surface area contributed by atoms with Crippen LogP contribution in [0, 0.1) is 13.8 Å². The highest BCUT2D eigenvalue weighted by atomic mass is 16.2. The molecule has 1 aromatic heterocycles. The smallest absolute Gasteiger partial charge is 0.341 e. The average molecular weight is 361 g/mol. The maximum Gasteiger partial charge on any atom is 0.345 e. The summed E-state index contributed by atoms with van der Waals surface area (Å²) in [4.78, 5) is 35.5. The van der Waals surface area contributed by atoms with Crippen molar-refractivity contribution in [1.82, 2.24) is 19.8 Å². The number of aromatic nitrogens is 2. The summed E-state index contributed by atoms with van der Waals surface area (Å²) in [5.74, 6) is 0.223. The highest BCUT2D eigenvalue weighted by Crippen LogP contribution is 2.23. The van der Waals surface area contributed by atoms with Crippen molar-refractivity contribution in [3.8, 4) is 0 Å². The largest absolute Gasteiger partial charge is 0.345 e. The topological polar surface area (TPSA) is 69.3 Å². The zero-order valence-electron chi connectivity index (χ0n) is 16.2. The van der Waals surface area contributed by atoms with Crippen LogP contribution in [0.2, 0.25) is 0 Å². The zero-order chi connectivity index (χ0) is 18.5. The molecule has 1 aliphatic heterocycles. The average Bonchev–Trinajstić information content (AvgIpc) is 2.87. The Morgan fingerprint density at radius 2 is 1.85 bits per heavy atom. The summed E-state index contributed by atoms with van der Waals surface area (Å²) in [7, 11) is 0. The molecule has 6 heteroatoms. The summed E-state index contributed by atoms with van der Waals surface area (Å²) in [6.45, 7) is 7.56. The van der Waals surface area contributed by atoms with Crippen LogP contribution in [0.1, 0.15) is 61.9 Å². The van der Waals surface area contributed by atoms with Gasteiger partial charge in [-0.3, -0.25) is 9.69 Å². The van der Waals surface area contributed by atoms with E-state index < -0.39 is 0 Å². The maximum absolute atomic E-state index is 12.7. The van der Waals surface area contributed by atoms with E-state index in [0.717, 1.165) is 55.6 Å². The quantitative estimate of drug-likeness (QED) is 0.894. The number of aromatic amines is 1. The molecule has 0 atom stereocenters. The Labute approximate surface area is 156 Å². The van der Waals surface area contributed by atoms with Crippen LogP contribution < -0.4 is 5.69 Å². The van der Waals surface area contributed by atoms with E-state index in [4.69, 9.17) is 0 Å². The van der Waals surface area contributed by atoms with Crippen molar-refractivity contribution < 1.29 is 4.79 Å². The molecule has 1 aromatic rings. The second-order valence-corrected chi connectivity index (χ2v) is 7.79. The van der Waals surface area contributed by atoms with Crippen molar-refractivity contribution in [2.75, 3.05) is 26.2 Å². The summed E-state index contributed by atoms with van der Waals surface area (Å²) in [5.41, 5.74) is 2.25. The first kappa shape index (κ1) is 19.1. The van der Waals surface area contributed by atoms with Gasteiger partial charge in [0.2, 0.25) is 5.91 Å². The molecule has 0 spiro atoms. The van der Waals surface area contributed by atoms with Crippen molar-refractivity contribution in [2.24, 2.45) is 0 Å². The van der Waals surface area contributed by atoms with Gasteiger partial charge in [-0.2, -0.15) is 4.98 Å². The Morgan fingerprint density at radius 3 is 2.58 bits per heavy atom. The molecule has 2 fully saturated rings. The van der Waals surface area contributed by atoms with E-state index in [1.807, 2.05) is 18.7 Å². The minimum absolute atomic E-state index is 0.223. The maximum atomic E-state index is 12.7. The van der Waals surface area contributed by atoms with E-state index in [0.29, 0.717) is 12.8 Å². The second kappa shape index (κ2) is 8.80. The van der Waals surface area contributed by atoms with Gasteiger partial charge in [0.15, 0.2) is 0 Å². The third-order valence-corrected chi connectivity index (χ3v) is 6.02. The van der Waals surface area contributed by atoms with Crippen LogP contribution in [-0.2, 0) is 11.2 Å². The van der Waals surface area contributed by atoms with Gasteiger partial charge in [-0.25, -0.2) is 4.79 Å². The molecular formula is C20H32N4O2. The number of H-pyrrole nitrogens is 1. The van der Waals surface area contributed by atoms with E-state index in [1.165, 1.54) is 32.1 Å². The Balaban J connectivity index is 1.53. The molecular weight excluding hydrogens is 328 g/mol. The van der Waals surface area contributed by atoms with Crippen molar-refractivity contribution in [3.63, 3.8) is 0 Å². The van der Waals surface area contributed by atoms with E-state index >= 15 is 0 Å². The minimum Gasteiger partial charge on any atom is -0.341 e. The number of aryl methyl sites for hydroxylation is 2. The first-order chi connectivity index (χ1) is 12.5. The van der Waals surface area contributed by atoms with E-state index in [-0.39, 0.29) is 11.6 Å². The van der Waals surface area contributed by atoms with Gasteiger partial charge in [0.05, 0.1) is 0 Å². The summed E-state index contributed by atoms with van der Waals surface area (Å²) in [6.07, 6.45) is 8.94. The number of hydrogen-bond acceptors (Lipinski definition) is 4. The Bertz CT molecular complexity index is 653. The van der Waals surface area contributed by atoms with E-state index in [9.17, 15) is 9.59 Å². The Kier molecular flexibility index (Phi) is 6.46. The number of nitrogens with zero attached hydrogens (tertiary/aromatic N) is 3. The molecule has 0 aromatic carbocycles. The summed E-state index contributed by atoms with van der Waals surface area (Å²) >= 11 is 0. The van der Waals surface area contributed by atoms with E-state index in [1.54, 1.807) is 0 Å². The van der Waals surface area contributed by atoms with Crippen molar-refractivity contribution in [3.05, 3.63) is 27.4 Å². The molecule has 1 amide bonds. The number of carbonyl (C=O) groups is 1. The molecule has 26 heavy (non-hydrogen) atoms. The monoisotopic (exact) mass is 360 g/mol. The molecule has 1 saturated heterocycles. The summed E-state index contributed by atoms with van der Waals surface area (Å²) in [6, 6.07) is 0.733. The number of rotatable bonds is 4. The van der Waals surface area contributed by atoms with Gasteiger partial charge in [0.1, 0.15) is 0 Å². The fourth-order valence-electron chi connectivity index (χ4n) is 4.51. The molecule has 144 valence electrons. The Morgan fingerprint density at radius 1 is 1.08 bits per heavy atom. The highest BCUT2D eigenvalue weighted by molar-refractivity contribution is 5.76. The fourth-order valence-corrected chi connectivity index (χ4v) is 4.51. The van der Waals surface area contributed by atoms with Gasteiger partial charge in [-0.05, 0) is 45.1 Å². The van der Waals surface area contributed by atoms with Crippen LogP contribution in [-0.4, -0.2) is 57.9 Å². The molecule has 1 saturated carbocycles. The lowest BCUT2D eigenvalue weighted by atomic mass is 9.94. The van der Waals surface area contributed by atoms with Crippen LogP contribution in [0.4, 0.5) is 0 Å². The van der Waals surface area contributed by atoms with Crippen LogP contribution >= 0.6 is 0 Å². The fraction of sp³-hybridized carbons (Fsp3) is 0.750. The van der Waals surface area contributed by atoms with Gasteiger partial charge in [0, 0.05) is 50.0 Å². The molecule has 2 heterocycles. The second-order valence-electron chi connectivity index (χ2n) is 7.79. The molecule has 0 bridgehead atoms. The number of carbonyl (C=O) groups excluding carboxylic acids is 1. The van der Waals surface area contributed by atoms with Crippen LogP contribution in [0.3, 0.4) is 0 Å². The number of nitrogens with one attached hydrogen (secondary N) is 1. The molecule has 0 radical (unpaired) electrons. The molecule has 1 aliphatic carbocycles. The van der Waals surface area contributed by atoms with Gasteiger partial charge >= 0.3 is 5.69 Å². The minimum atomic E-state index is -0.314. The zero-order valence-corrected chi connectivity index (χ0v) is 16.2. The van der Waals surface area contributed by atoms with Gasteiger partial charge in [-0.1, -0.05) is 19.3 Å². The summed E-state index contributed by atoms with van der Waals surface area (Å²) < 4.78 is 0. The van der Waals surface area contributed by atoms with Crippen LogP contribution in [0.25, 0.3) is 0 Å². The van der Waals surface area contributed by atoms with E-state index in [2.05, 4.69) is 14.9 Å². The predicted octanol–water partition coefficient (Wildman–Crippen LogP) is 2.19. The van der Waals surface area contributed by atoms with Gasteiger partial charge in [0.25, 0.3) is 0 Å². The lowest BCUT2D eigenvalue weighted by Gasteiger charge is -2.33. The predicted molar refractivity (Wildman–Crippen MR) is 102 cm³/mol. The lowest BCUT2D eigenvalue weighted by Crippen LogP contribution is -2.40. The van der Waals surface area contributed by atoms with Crippen molar-refractivity contribution in [1.29, 1.82) is 0 Å². The standard InChI is InChI=1S/C20H32N4O2/c1-15-18(16(2)22-20(26)21-15)9-10-19(25)24-12-6-11-23(13-14-24)17-7-4-3-5-8-17/h17H,3-14H2,1-2H3,(H,21,22,26). The third kappa shape index (κ3) is 4.72. The first-order valence-corrected chi connectivity index (χ1v) is 10.1. The molecule has 6 nitrogen and oxygen atoms in total. The van der Waals surface area contributed by atoms with Gasteiger partial charge in [-0.15, -0.1) is 0 Å². The molecule has 2 aliphatic rings. The Hall–Kier alpha value is -1.69. The first-order valence-electron chi connectivity index (χ1n) is 10.1. The summed E-state index contributed by atoms with van der Waals surface area (Å²) in [5, 5.41) is 0. The SMILES string of the molecule is Cc1nc(=O)[nH]c(C)c1CCC(=O)N1CCCN(C2CCCCC2)CC1. The van der Waals surface area contributed by atoms with Gasteiger partial charge < -0.3 is 9.88 Å². The number of amides is 1. The number of hydrogen-bond donors (Lipinski definition) is 1. The highest BCUT2D eigenvalue weighted by Gasteiger charge is 2.25. The third-order valence-electron chi connectivity index (χ3n) is 6.02. The van der Waals surface area contributed by atoms with Crippen molar-refractivity contribution >= 4 is 5.91 Å². The van der Waals surface area contributed by atoms with Crippen LogP contribution in [0.5, 0.6) is 0 Å². The lowest BCUT2D eigenvalue weighted by molar-refractivity contribution is -0.131. The van der Waals surface area contributed by atoms with Crippen molar-refractivity contribution in [2.45, 2.75) is 71.3 Å². The molecule has 3 rings (SSSR count). The normalized spacial score (nSPS) is 20.2.